The first-order valence-corrected chi connectivity index (χ1v) is 16.2. The second kappa shape index (κ2) is 15.5. The van der Waals surface area contributed by atoms with Crippen molar-refractivity contribution in [3.8, 4) is 40.1 Å². The van der Waals surface area contributed by atoms with Gasteiger partial charge in [0.05, 0.1) is 12.7 Å². The number of hydrogen-bond acceptors (Lipinski definition) is 17. The summed E-state index contributed by atoms with van der Waals surface area (Å²) in [5.74, 6) is -1.88. The van der Waals surface area contributed by atoms with E-state index in [1.54, 1.807) is 0 Å². The van der Waals surface area contributed by atoms with Crippen LogP contribution in [-0.2, 0) is 19.0 Å². The molecular formula is C36H36O17. The number of fused-ring (bicyclic) bond motifs is 1. The summed E-state index contributed by atoms with van der Waals surface area (Å²) in [5.41, 5.74) is 0.0829. The number of aliphatic hydroxyl groups excluding tert-OH is 6. The highest BCUT2D eigenvalue weighted by Crippen LogP contribution is 2.34. The summed E-state index contributed by atoms with van der Waals surface area (Å²) in [4.78, 5) is 25.3. The number of aliphatic hydroxyl groups is 6. The standard InChI is InChI=1S/C36H36O17/c1-15-29(42)31(44)33(46)35(49-15)48-14-26-30(43)32(45)34(47)36(53-26)51-19-11-22(39)28-23(40)13-24(52-25(28)12-19)17-4-6-18(7-5-17)50-27(41)9-3-16-2-8-20(37)21(38)10-16/h2-13,15,26,29-39,42-47H,14H2,1H3/b9-3+/t15-,26-,29-,30+,31-,32-,33+,34+,35+,36+/m0/s1. The average Bonchev–Trinajstić information content (AvgIpc) is 3.12. The van der Waals surface area contributed by atoms with Gasteiger partial charge in [-0.2, -0.15) is 0 Å². The Morgan fingerprint density at radius 2 is 1.43 bits per heavy atom. The molecule has 0 saturated carbocycles. The number of esters is 1. The minimum atomic E-state index is -1.81. The number of carbonyl (C=O) groups excluding carboxylic acids is 1. The van der Waals surface area contributed by atoms with Gasteiger partial charge < -0.3 is 74.1 Å². The maximum atomic E-state index is 13.0. The van der Waals surface area contributed by atoms with E-state index in [2.05, 4.69) is 0 Å². The first-order valence-electron chi connectivity index (χ1n) is 16.2. The summed E-state index contributed by atoms with van der Waals surface area (Å²) < 4.78 is 33.4. The molecule has 0 unspecified atom stereocenters. The summed E-state index contributed by atoms with van der Waals surface area (Å²) in [7, 11) is 0. The van der Waals surface area contributed by atoms with E-state index in [0.29, 0.717) is 11.1 Å². The molecule has 282 valence electrons. The van der Waals surface area contributed by atoms with Gasteiger partial charge in [0.1, 0.15) is 76.7 Å². The van der Waals surface area contributed by atoms with Crippen LogP contribution in [0, 0.1) is 0 Å². The highest BCUT2D eigenvalue weighted by atomic mass is 16.7. The van der Waals surface area contributed by atoms with Crippen molar-refractivity contribution in [2.75, 3.05) is 6.61 Å². The van der Waals surface area contributed by atoms with Gasteiger partial charge in [0.2, 0.25) is 6.29 Å². The van der Waals surface area contributed by atoms with Gasteiger partial charge in [-0.1, -0.05) is 6.07 Å². The third kappa shape index (κ3) is 8.13. The lowest BCUT2D eigenvalue weighted by Gasteiger charge is -2.42. The van der Waals surface area contributed by atoms with Crippen LogP contribution in [0.15, 0.2) is 76.0 Å². The number of hydrogen-bond donors (Lipinski definition) is 9. The molecule has 3 heterocycles. The Hall–Kier alpha value is -5.08. The Balaban J connectivity index is 1.15. The Labute approximate surface area is 299 Å². The molecular weight excluding hydrogens is 704 g/mol. The number of ether oxygens (including phenoxy) is 5. The molecule has 0 aliphatic carbocycles. The van der Waals surface area contributed by atoms with Crippen LogP contribution in [0.5, 0.6) is 28.7 Å². The zero-order valence-corrected chi connectivity index (χ0v) is 27.7. The first kappa shape index (κ1) is 37.7. The van der Waals surface area contributed by atoms with Crippen molar-refractivity contribution in [1.29, 1.82) is 0 Å². The molecule has 2 aliphatic rings. The largest absolute Gasteiger partial charge is 0.507 e. The second-order valence-corrected chi connectivity index (χ2v) is 12.5. The van der Waals surface area contributed by atoms with Gasteiger partial charge in [0.15, 0.2) is 23.2 Å². The quantitative estimate of drug-likeness (QED) is 0.0481. The summed E-state index contributed by atoms with van der Waals surface area (Å²) in [6, 6.07) is 13.4. The van der Waals surface area contributed by atoms with Gasteiger partial charge in [-0.25, -0.2) is 4.79 Å². The Bertz CT molecular complexity index is 2030. The van der Waals surface area contributed by atoms with E-state index in [9.17, 15) is 55.5 Å². The smallest absolute Gasteiger partial charge is 0.336 e. The molecule has 0 bridgehead atoms. The maximum Gasteiger partial charge on any atom is 0.336 e. The second-order valence-electron chi connectivity index (χ2n) is 12.5. The zero-order valence-electron chi connectivity index (χ0n) is 27.7. The lowest BCUT2D eigenvalue weighted by atomic mass is 9.98. The van der Waals surface area contributed by atoms with Gasteiger partial charge >= 0.3 is 5.97 Å². The van der Waals surface area contributed by atoms with Crippen molar-refractivity contribution in [2.24, 2.45) is 0 Å². The Morgan fingerprint density at radius 3 is 2.15 bits per heavy atom. The highest BCUT2D eigenvalue weighted by molar-refractivity contribution is 5.89. The molecule has 4 aromatic rings. The maximum absolute atomic E-state index is 13.0. The van der Waals surface area contributed by atoms with Crippen LogP contribution in [0.1, 0.15) is 12.5 Å². The van der Waals surface area contributed by atoms with Gasteiger partial charge in [-0.15, -0.1) is 0 Å². The number of phenolic OH excluding ortho intramolecular Hbond substituents is 3. The van der Waals surface area contributed by atoms with Crippen molar-refractivity contribution < 1.29 is 78.9 Å². The molecule has 2 aliphatic heterocycles. The fourth-order valence-electron chi connectivity index (χ4n) is 5.73. The van der Waals surface area contributed by atoms with Crippen LogP contribution >= 0.6 is 0 Å². The molecule has 0 radical (unpaired) electrons. The topological polar surface area (TPSA) is 275 Å². The van der Waals surface area contributed by atoms with Crippen molar-refractivity contribution in [2.45, 2.75) is 68.3 Å². The first-order chi connectivity index (χ1) is 25.2. The zero-order chi connectivity index (χ0) is 38.1. The lowest BCUT2D eigenvalue weighted by molar-refractivity contribution is -0.318. The van der Waals surface area contributed by atoms with Crippen LogP contribution in [0.3, 0.4) is 0 Å². The van der Waals surface area contributed by atoms with Crippen molar-refractivity contribution in [3.05, 3.63) is 82.5 Å². The van der Waals surface area contributed by atoms with E-state index in [-0.39, 0.29) is 39.7 Å². The number of phenols is 3. The normalized spacial score (nSPS) is 29.0. The van der Waals surface area contributed by atoms with Gasteiger partial charge in [0, 0.05) is 29.8 Å². The van der Waals surface area contributed by atoms with Crippen molar-refractivity contribution in [3.63, 3.8) is 0 Å². The van der Waals surface area contributed by atoms with Crippen LogP contribution < -0.4 is 14.9 Å². The van der Waals surface area contributed by atoms with Crippen LogP contribution in [0.2, 0.25) is 0 Å². The predicted octanol–water partition coefficient (Wildman–Crippen LogP) is 0.226. The van der Waals surface area contributed by atoms with Gasteiger partial charge in [-0.05, 0) is 55.0 Å². The summed E-state index contributed by atoms with van der Waals surface area (Å²) >= 11 is 0. The molecule has 1 aromatic heterocycles. The Kier molecular flexibility index (Phi) is 11.0. The minimum absolute atomic E-state index is 0.0627. The molecule has 0 amide bonds. The highest BCUT2D eigenvalue weighted by Gasteiger charge is 2.47. The number of benzene rings is 3. The van der Waals surface area contributed by atoms with Gasteiger partial charge in [0.25, 0.3) is 0 Å². The minimum Gasteiger partial charge on any atom is -0.507 e. The molecule has 17 nitrogen and oxygen atoms in total. The predicted molar refractivity (Wildman–Crippen MR) is 180 cm³/mol. The lowest BCUT2D eigenvalue weighted by Crippen LogP contribution is -2.61. The van der Waals surface area contributed by atoms with Crippen molar-refractivity contribution in [1.82, 2.24) is 0 Å². The molecule has 6 rings (SSSR count). The van der Waals surface area contributed by atoms with E-state index in [4.69, 9.17) is 28.1 Å². The average molecular weight is 741 g/mol. The van der Waals surface area contributed by atoms with Crippen LogP contribution in [0.25, 0.3) is 28.4 Å². The van der Waals surface area contributed by atoms with E-state index in [1.807, 2.05) is 0 Å². The van der Waals surface area contributed by atoms with E-state index >= 15 is 0 Å². The molecule has 17 heteroatoms. The van der Waals surface area contributed by atoms with E-state index in [0.717, 1.165) is 18.2 Å². The third-order valence-corrected chi connectivity index (χ3v) is 8.71. The molecule has 2 fully saturated rings. The fourth-order valence-corrected chi connectivity index (χ4v) is 5.73. The van der Waals surface area contributed by atoms with Gasteiger partial charge in [-0.3, -0.25) is 4.79 Å². The fraction of sp³-hybridized carbons (Fsp3) is 0.333. The molecule has 53 heavy (non-hydrogen) atoms. The molecule has 10 atom stereocenters. The summed E-state index contributed by atoms with van der Waals surface area (Å²) in [6.45, 7) is 0.922. The molecule has 3 aromatic carbocycles. The molecule has 0 spiro atoms. The van der Waals surface area contributed by atoms with E-state index < -0.39 is 85.2 Å². The Morgan fingerprint density at radius 1 is 0.736 bits per heavy atom. The SMILES string of the molecule is C[C@@H]1O[C@@H](OC[C@@H]2O[C@@H](Oc3cc(O)c4c(=O)cc(-c5ccc(OC(=O)/C=C/c6ccc(O)c(O)c6)cc5)oc4c3)[C@H](O)[C@@H](O)[C@@H]2O)[C@H](O)[C@@H](O)[C@H]1O. The van der Waals surface area contributed by atoms with Crippen LogP contribution in [0.4, 0.5) is 0 Å². The third-order valence-electron chi connectivity index (χ3n) is 8.71. The number of carbonyl (C=O) groups is 1. The number of rotatable bonds is 9. The number of aromatic hydroxyl groups is 3. The molecule has 2 saturated heterocycles. The summed E-state index contributed by atoms with van der Waals surface area (Å²) in [6.07, 6.45) is -12.8. The molecule has 9 N–H and O–H groups in total. The summed E-state index contributed by atoms with van der Waals surface area (Å²) in [5, 5.41) is 91.4. The monoisotopic (exact) mass is 740 g/mol. The van der Waals surface area contributed by atoms with E-state index in [1.165, 1.54) is 61.5 Å². The van der Waals surface area contributed by atoms with Crippen molar-refractivity contribution >= 4 is 23.0 Å². The van der Waals surface area contributed by atoms with Crippen LogP contribution in [-0.4, -0.2) is 120 Å².